The van der Waals surface area contributed by atoms with Crippen molar-refractivity contribution in [1.82, 2.24) is 24.7 Å². The van der Waals surface area contributed by atoms with Gasteiger partial charge in [-0.05, 0) is 41.2 Å². The molecule has 174 valence electrons. The number of piperazine rings is 1. The van der Waals surface area contributed by atoms with Gasteiger partial charge in [-0.25, -0.2) is 9.37 Å². The first kappa shape index (κ1) is 22.3. The fraction of sp³-hybridized carbons (Fsp3) is 0.444. The minimum atomic E-state index is -0.205. The second-order valence-corrected chi connectivity index (χ2v) is 9.53. The summed E-state index contributed by atoms with van der Waals surface area (Å²) in [5, 5.41) is 3.47. The number of nitrogens with one attached hydrogen (secondary N) is 1. The first-order chi connectivity index (χ1) is 16.2. The van der Waals surface area contributed by atoms with Crippen LogP contribution in [0, 0.1) is 11.7 Å². The van der Waals surface area contributed by atoms with Gasteiger partial charge in [0.2, 0.25) is 0 Å². The molecule has 0 amide bonds. The van der Waals surface area contributed by atoms with E-state index in [2.05, 4.69) is 49.8 Å². The number of hydrogen-bond acceptors (Lipinski definition) is 4. The summed E-state index contributed by atoms with van der Waals surface area (Å²) in [5.41, 5.74) is 4.64. The van der Waals surface area contributed by atoms with Crippen LogP contribution in [0.2, 0.25) is 0 Å². The lowest BCUT2D eigenvalue weighted by Gasteiger charge is -2.44. The van der Waals surface area contributed by atoms with E-state index in [9.17, 15) is 4.39 Å². The van der Waals surface area contributed by atoms with Gasteiger partial charge in [-0.1, -0.05) is 43.3 Å². The Morgan fingerprint density at radius 3 is 2.58 bits per heavy atom. The van der Waals surface area contributed by atoms with Crippen LogP contribution in [0.5, 0.6) is 0 Å². The fourth-order valence-electron chi connectivity index (χ4n) is 5.52. The summed E-state index contributed by atoms with van der Waals surface area (Å²) in [5.74, 6) is 0.468. The zero-order valence-electron chi connectivity index (χ0n) is 19.5. The van der Waals surface area contributed by atoms with Crippen LogP contribution < -0.4 is 5.32 Å². The Hall–Kier alpha value is -2.54. The van der Waals surface area contributed by atoms with Gasteiger partial charge >= 0.3 is 0 Å². The van der Waals surface area contributed by atoms with Crippen molar-refractivity contribution in [1.29, 1.82) is 0 Å². The Morgan fingerprint density at radius 2 is 1.79 bits per heavy atom. The lowest BCUT2D eigenvalue weighted by molar-refractivity contribution is 0.0522. The molecule has 6 heteroatoms. The predicted octanol–water partition coefficient (Wildman–Crippen LogP) is 3.85. The second kappa shape index (κ2) is 10.2. The van der Waals surface area contributed by atoms with Crippen molar-refractivity contribution in [2.75, 3.05) is 39.3 Å². The summed E-state index contributed by atoms with van der Waals surface area (Å²) >= 11 is 0. The molecule has 3 aromatic rings. The number of benzene rings is 2. The quantitative estimate of drug-likeness (QED) is 0.623. The van der Waals surface area contributed by atoms with Gasteiger partial charge in [0.15, 0.2) is 0 Å². The summed E-state index contributed by atoms with van der Waals surface area (Å²) in [7, 11) is 0. The first-order valence-electron chi connectivity index (χ1n) is 12.2. The average molecular weight is 448 g/mol. The van der Waals surface area contributed by atoms with Crippen molar-refractivity contribution in [2.45, 2.75) is 32.5 Å². The predicted molar refractivity (Wildman–Crippen MR) is 130 cm³/mol. The monoisotopic (exact) mass is 447 g/mol. The molecule has 0 bridgehead atoms. The molecule has 2 atom stereocenters. The number of rotatable bonds is 6. The Balaban J connectivity index is 1.26. The van der Waals surface area contributed by atoms with Crippen LogP contribution in [0.1, 0.15) is 24.6 Å². The molecule has 0 radical (unpaired) electrons. The van der Waals surface area contributed by atoms with Crippen molar-refractivity contribution >= 4 is 0 Å². The van der Waals surface area contributed by atoms with E-state index in [-0.39, 0.29) is 5.82 Å². The summed E-state index contributed by atoms with van der Waals surface area (Å²) in [6.45, 7) is 11.0. The van der Waals surface area contributed by atoms with E-state index in [4.69, 9.17) is 0 Å². The van der Waals surface area contributed by atoms with E-state index in [1.807, 2.05) is 30.7 Å². The molecule has 0 saturated carbocycles. The summed E-state index contributed by atoms with van der Waals surface area (Å²) in [6, 6.07) is 15.9. The highest BCUT2D eigenvalue weighted by Crippen LogP contribution is 2.26. The number of halogens is 1. The molecule has 2 saturated heterocycles. The summed E-state index contributed by atoms with van der Waals surface area (Å²) in [4.78, 5) is 9.75. The maximum atomic E-state index is 13.4. The second-order valence-electron chi connectivity index (χ2n) is 9.53. The lowest BCUT2D eigenvalue weighted by atomic mass is 9.92. The Labute approximate surface area is 196 Å². The molecular weight excluding hydrogens is 413 g/mol. The van der Waals surface area contributed by atoms with Crippen LogP contribution >= 0.6 is 0 Å². The molecule has 1 aromatic heterocycles. The Morgan fingerprint density at radius 1 is 1.00 bits per heavy atom. The van der Waals surface area contributed by atoms with Crippen LogP contribution in [0.25, 0.3) is 11.1 Å². The normalized spacial score (nSPS) is 22.5. The highest BCUT2D eigenvalue weighted by molar-refractivity contribution is 5.67. The molecular formula is C27H34FN5. The highest BCUT2D eigenvalue weighted by atomic mass is 19.1. The average Bonchev–Trinajstić information content (AvgIpc) is 3.27. The molecule has 1 N–H and O–H groups in total. The topological polar surface area (TPSA) is 36.3 Å². The van der Waals surface area contributed by atoms with Gasteiger partial charge in [-0.2, -0.15) is 0 Å². The molecule has 2 unspecified atom stereocenters. The van der Waals surface area contributed by atoms with Gasteiger partial charge in [0, 0.05) is 64.6 Å². The van der Waals surface area contributed by atoms with Gasteiger partial charge in [-0.15, -0.1) is 0 Å². The molecule has 3 heterocycles. The molecule has 0 aliphatic carbocycles. The Kier molecular flexibility index (Phi) is 6.85. The highest BCUT2D eigenvalue weighted by Gasteiger charge is 2.31. The number of nitrogens with zero attached hydrogens (tertiary/aromatic N) is 4. The summed E-state index contributed by atoms with van der Waals surface area (Å²) < 4.78 is 15.7. The van der Waals surface area contributed by atoms with Crippen LogP contribution in [-0.4, -0.2) is 64.7 Å². The van der Waals surface area contributed by atoms with Gasteiger partial charge in [-0.3, -0.25) is 9.80 Å². The SMILES string of the molecule is CC1CN(Cc2cncn2Cc2ccccc2-c2ccc(F)cc2)CCC1N1CCNCC1. The third kappa shape index (κ3) is 5.18. The number of hydrogen-bond donors (Lipinski definition) is 1. The van der Waals surface area contributed by atoms with E-state index < -0.39 is 0 Å². The van der Waals surface area contributed by atoms with Crippen LogP contribution in [0.15, 0.2) is 61.1 Å². The fourth-order valence-corrected chi connectivity index (χ4v) is 5.52. The van der Waals surface area contributed by atoms with E-state index in [0.717, 1.165) is 50.4 Å². The van der Waals surface area contributed by atoms with Crippen molar-refractivity contribution in [3.63, 3.8) is 0 Å². The molecule has 5 rings (SSSR count). The third-order valence-corrected chi connectivity index (χ3v) is 7.26. The zero-order chi connectivity index (χ0) is 22.6. The maximum absolute atomic E-state index is 13.4. The van der Waals surface area contributed by atoms with E-state index in [0.29, 0.717) is 12.0 Å². The van der Waals surface area contributed by atoms with Gasteiger partial charge in [0.1, 0.15) is 5.82 Å². The van der Waals surface area contributed by atoms with E-state index in [1.165, 1.54) is 42.9 Å². The summed E-state index contributed by atoms with van der Waals surface area (Å²) in [6.07, 6.45) is 5.18. The van der Waals surface area contributed by atoms with Gasteiger partial charge in [0.25, 0.3) is 0 Å². The van der Waals surface area contributed by atoms with Crippen LogP contribution in [-0.2, 0) is 13.1 Å². The van der Waals surface area contributed by atoms with Crippen LogP contribution in [0.3, 0.4) is 0 Å². The van der Waals surface area contributed by atoms with Crippen molar-refractivity contribution in [2.24, 2.45) is 5.92 Å². The number of likely N-dealkylation sites (tertiary alicyclic amines) is 1. The first-order valence-corrected chi connectivity index (χ1v) is 12.2. The van der Waals surface area contributed by atoms with E-state index >= 15 is 0 Å². The zero-order valence-corrected chi connectivity index (χ0v) is 19.5. The molecule has 33 heavy (non-hydrogen) atoms. The maximum Gasteiger partial charge on any atom is 0.123 e. The molecule has 2 aromatic carbocycles. The van der Waals surface area contributed by atoms with Crippen LogP contribution in [0.4, 0.5) is 4.39 Å². The van der Waals surface area contributed by atoms with Gasteiger partial charge < -0.3 is 9.88 Å². The standard InChI is InChI=1S/C27H34FN5/c1-21-17-31(13-10-27(21)32-14-11-29-12-15-32)19-25-16-30-20-33(25)18-23-4-2-3-5-26(23)22-6-8-24(28)9-7-22/h2-9,16,20-21,27,29H,10-15,17-19H2,1H3. The smallest absolute Gasteiger partial charge is 0.123 e. The Bertz CT molecular complexity index is 1040. The molecule has 5 nitrogen and oxygen atoms in total. The minimum Gasteiger partial charge on any atom is -0.329 e. The number of piperidine rings is 1. The minimum absolute atomic E-state index is 0.205. The molecule has 2 aliphatic heterocycles. The number of imidazole rings is 1. The number of aromatic nitrogens is 2. The van der Waals surface area contributed by atoms with Crippen molar-refractivity contribution < 1.29 is 4.39 Å². The lowest BCUT2D eigenvalue weighted by Crippen LogP contribution is -2.55. The van der Waals surface area contributed by atoms with E-state index in [1.54, 1.807) is 0 Å². The largest absolute Gasteiger partial charge is 0.329 e. The van der Waals surface area contributed by atoms with Gasteiger partial charge in [0.05, 0.1) is 12.0 Å². The molecule has 2 aliphatic rings. The third-order valence-electron chi connectivity index (χ3n) is 7.26. The van der Waals surface area contributed by atoms with Crippen molar-refractivity contribution in [3.05, 3.63) is 78.1 Å². The molecule has 2 fully saturated rings. The molecule has 0 spiro atoms. The van der Waals surface area contributed by atoms with Crippen molar-refractivity contribution in [3.8, 4) is 11.1 Å².